The molecule has 1 spiro atoms. The summed E-state index contributed by atoms with van der Waals surface area (Å²) in [5.41, 5.74) is 31.2. The summed E-state index contributed by atoms with van der Waals surface area (Å²) in [5.74, 6) is 0.444. The van der Waals surface area contributed by atoms with E-state index >= 15 is 0 Å². The van der Waals surface area contributed by atoms with Crippen molar-refractivity contribution in [3.05, 3.63) is 355 Å². The summed E-state index contributed by atoms with van der Waals surface area (Å²) in [5, 5.41) is 4.88. The summed E-state index contributed by atoms with van der Waals surface area (Å²) < 4.78 is 4.91. The smallest absolute Gasteiger partial charge is 0.0725 e. The van der Waals surface area contributed by atoms with Crippen LogP contribution in [-0.4, -0.2) is 9.13 Å². The standard InChI is InChI=1S/C97H79N3/c1-63(94(2,3)4)96(8,95(5,6)7)71-48-39-66(40-49-71)69-45-55-80-78-31-18-21-36-86(78)97(88(80)60-69)87-37-22-19-32-79(87)81-56-46-70(61-89(81)97)77-34-24-35-84-85-59-68(47-58-91(85)100(93(77)84)73-29-16-11-17-30-73)67-43-52-75(53-44-67)98(74-50-41-65(42-51-74)64-25-12-9-13-26-64)76-54-57-83-82-33-20-23-38-90(82)99(92(83)62-76)72-27-14-10-15-28-72/h9-63H,1-8H3. The van der Waals surface area contributed by atoms with Crippen molar-refractivity contribution >= 4 is 60.7 Å². The van der Waals surface area contributed by atoms with Gasteiger partial charge in [-0.25, -0.2) is 0 Å². The number of benzene rings is 14. The molecule has 0 aliphatic heterocycles. The van der Waals surface area contributed by atoms with Gasteiger partial charge in [-0.15, -0.1) is 0 Å². The lowest BCUT2D eigenvalue weighted by atomic mass is 9.53. The van der Waals surface area contributed by atoms with Crippen LogP contribution in [0.1, 0.15) is 83.2 Å². The minimum absolute atomic E-state index is 0.0477. The highest BCUT2D eigenvalue weighted by Gasteiger charge is 2.52. The van der Waals surface area contributed by atoms with E-state index in [1.807, 2.05) is 0 Å². The van der Waals surface area contributed by atoms with Crippen molar-refractivity contribution in [1.82, 2.24) is 9.13 Å². The second kappa shape index (κ2) is 23.0. The first-order chi connectivity index (χ1) is 48.7. The van der Waals surface area contributed by atoms with Crippen molar-refractivity contribution in [2.24, 2.45) is 16.7 Å². The summed E-state index contributed by atoms with van der Waals surface area (Å²) in [4.78, 5) is 2.40. The Balaban J connectivity index is 0.759. The number of para-hydroxylation sites is 4. The fourth-order valence-corrected chi connectivity index (χ4v) is 17.7. The average Bonchev–Trinajstić information content (AvgIpc) is 1.50. The molecule has 3 heteroatoms. The van der Waals surface area contributed by atoms with E-state index in [4.69, 9.17) is 0 Å². The van der Waals surface area contributed by atoms with E-state index in [1.54, 1.807) is 0 Å². The van der Waals surface area contributed by atoms with Crippen molar-refractivity contribution < 1.29 is 0 Å². The highest BCUT2D eigenvalue weighted by atomic mass is 15.1. The molecule has 3 nitrogen and oxygen atoms in total. The van der Waals surface area contributed by atoms with Gasteiger partial charge < -0.3 is 14.0 Å². The normalized spacial score (nSPS) is 14.9. The first-order valence-corrected chi connectivity index (χ1v) is 35.5. The van der Waals surface area contributed by atoms with Gasteiger partial charge in [0.2, 0.25) is 0 Å². The summed E-state index contributed by atoms with van der Waals surface area (Å²) in [6.45, 7) is 19.4. The summed E-state index contributed by atoms with van der Waals surface area (Å²) in [7, 11) is 0. The van der Waals surface area contributed by atoms with Gasteiger partial charge in [0.05, 0.1) is 27.5 Å². The molecule has 2 heterocycles. The number of anilines is 3. The highest BCUT2D eigenvalue weighted by Crippen LogP contribution is 2.64. The number of fused-ring (bicyclic) bond motifs is 16. The maximum atomic E-state index is 2.56. The van der Waals surface area contributed by atoms with Crippen molar-refractivity contribution in [3.63, 3.8) is 0 Å². The molecule has 16 aromatic rings. The topological polar surface area (TPSA) is 13.1 Å². The first kappa shape index (κ1) is 60.9. The largest absolute Gasteiger partial charge is 0.310 e. The lowest BCUT2D eigenvalue weighted by Crippen LogP contribution is -2.47. The Morgan fingerprint density at radius 3 is 1.33 bits per heavy atom. The van der Waals surface area contributed by atoms with Crippen LogP contribution in [0.5, 0.6) is 0 Å². The van der Waals surface area contributed by atoms with E-state index in [2.05, 4.69) is 397 Å². The molecule has 0 bridgehead atoms. The summed E-state index contributed by atoms with van der Waals surface area (Å²) in [6, 6.07) is 123. The van der Waals surface area contributed by atoms with E-state index in [1.165, 1.54) is 122 Å². The van der Waals surface area contributed by atoms with Crippen molar-refractivity contribution in [1.29, 1.82) is 0 Å². The molecule has 18 rings (SSSR count). The predicted octanol–water partition coefficient (Wildman–Crippen LogP) is 26.3. The number of hydrogen-bond donors (Lipinski definition) is 0. The molecule has 0 radical (unpaired) electrons. The van der Waals surface area contributed by atoms with Gasteiger partial charge in [0, 0.05) is 61.0 Å². The van der Waals surface area contributed by atoms with E-state index < -0.39 is 5.41 Å². The zero-order valence-electron chi connectivity index (χ0n) is 58.1. The molecule has 0 saturated heterocycles. The molecule has 482 valence electrons. The molecule has 2 aromatic heterocycles. The van der Waals surface area contributed by atoms with E-state index in [9.17, 15) is 0 Å². The van der Waals surface area contributed by atoms with Crippen molar-refractivity contribution in [2.45, 2.75) is 66.2 Å². The fraction of sp³-hybridized carbons (Fsp3) is 0.134. The van der Waals surface area contributed by atoms with Gasteiger partial charge in [-0.2, -0.15) is 0 Å². The molecule has 3 unspecified atom stereocenters. The van der Waals surface area contributed by atoms with Gasteiger partial charge in [0.15, 0.2) is 0 Å². The Morgan fingerprint density at radius 1 is 0.290 bits per heavy atom. The molecule has 0 amide bonds. The van der Waals surface area contributed by atoms with Crippen LogP contribution in [0.15, 0.2) is 328 Å². The average molecular weight is 1290 g/mol. The van der Waals surface area contributed by atoms with Gasteiger partial charge in [-0.05, 0) is 197 Å². The molecule has 0 N–H and O–H groups in total. The maximum Gasteiger partial charge on any atom is 0.0725 e. The SMILES string of the molecule is CC(C(C)(C)C)C(C)(c1ccc(-c2ccc3c(c2)C2(c4ccccc4-3)c3ccccc3-c3ccc(-c4cccc5c6cc(-c7ccc(N(c8ccc(-c9ccccc9)cc8)c8ccc9c%10ccccc%10n(-c%10ccccc%10)c9c8)cc7)ccc6n(-c6ccccc6)c45)cc32)cc1)C(C)(C)C. The second-order valence-electron chi connectivity index (χ2n) is 30.3. The minimum atomic E-state index is -0.553. The van der Waals surface area contributed by atoms with Gasteiger partial charge in [-0.3, -0.25) is 0 Å². The van der Waals surface area contributed by atoms with Crippen LogP contribution in [0.4, 0.5) is 17.1 Å². The molecule has 2 aliphatic carbocycles. The van der Waals surface area contributed by atoms with Gasteiger partial charge in [0.25, 0.3) is 0 Å². The molecule has 3 atom stereocenters. The zero-order chi connectivity index (χ0) is 67.8. The van der Waals surface area contributed by atoms with Gasteiger partial charge in [0.1, 0.15) is 0 Å². The zero-order valence-corrected chi connectivity index (χ0v) is 58.1. The molecule has 2 aliphatic rings. The Bertz CT molecular complexity index is 5850. The van der Waals surface area contributed by atoms with Crippen LogP contribution in [0.25, 0.3) is 122 Å². The number of hydrogen-bond acceptors (Lipinski definition) is 1. The predicted molar refractivity (Wildman–Crippen MR) is 423 cm³/mol. The van der Waals surface area contributed by atoms with Crippen molar-refractivity contribution in [2.75, 3.05) is 4.90 Å². The molecule has 14 aromatic carbocycles. The number of rotatable bonds is 11. The number of nitrogens with zero attached hydrogens (tertiary/aromatic N) is 3. The Morgan fingerprint density at radius 2 is 0.720 bits per heavy atom. The molecule has 0 saturated carbocycles. The third kappa shape index (κ3) is 9.31. The van der Waals surface area contributed by atoms with Gasteiger partial charge in [-0.1, -0.05) is 292 Å². The molecular formula is C97H79N3. The molecule has 100 heavy (non-hydrogen) atoms. The van der Waals surface area contributed by atoms with Crippen LogP contribution in [0.3, 0.4) is 0 Å². The van der Waals surface area contributed by atoms with Crippen LogP contribution < -0.4 is 4.90 Å². The number of aromatic nitrogens is 2. The highest BCUT2D eigenvalue weighted by molar-refractivity contribution is 6.15. The Hall–Kier alpha value is -11.5. The van der Waals surface area contributed by atoms with E-state index in [0.717, 1.165) is 45.1 Å². The monoisotopic (exact) mass is 1290 g/mol. The molecular weight excluding hydrogens is 1210 g/mol. The quantitative estimate of drug-likeness (QED) is 0.126. The summed E-state index contributed by atoms with van der Waals surface area (Å²) in [6.07, 6.45) is 0. The van der Waals surface area contributed by atoms with Crippen molar-refractivity contribution in [3.8, 4) is 78.1 Å². The first-order valence-electron chi connectivity index (χ1n) is 35.5. The van der Waals surface area contributed by atoms with Crippen LogP contribution in [0, 0.1) is 16.7 Å². The second-order valence-corrected chi connectivity index (χ2v) is 30.3. The van der Waals surface area contributed by atoms with Crippen LogP contribution >= 0.6 is 0 Å². The third-order valence-electron chi connectivity index (χ3n) is 23.4. The lowest BCUT2D eigenvalue weighted by Gasteiger charge is -2.52. The van der Waals surface area contributed by atoms with Gasteiger partial charge >= 0.3 is 0 Å². The minimum Gasteiger partial charge on any atom is -0.310 e. The Kier molecular flexibility index (Phi) is 14.0. The maximum absolute atomic E-state index is 2.56. The van der Waals surface area contributed by atoms with E-state index in [0.29, 0.717) is 5.92 Å². The third-order valence-corrected chi connectivity index (χ3v) is 23.4. The van der Waals surface area contributed by atoms with Crippen LogP contribution in [0.2, 0.25) is 0 Å². The fourth-order valence-electron chi connectivity index (χ4n) is 17.7. The lowest BCUT2D eigenvalue weighted by molar-refractivity contribution is 0.0579. The van der Waals surface area contributed by atoms with E-state index in [-0.39, 0.29) is 16.2 Å². The summed E-state index contributed by atoms with van der Waals surface area (Å²) >= 11 is 0. The Labute approximate surface area is 587 Å². The molecule has 0 fully saturated rings. The van der Waals surface area contributed by atoms with Crippen LogP contribution in [-0.2, 0) is 10.8 Å².